The fourth-order valence-electron chi connectivity index (χ4n) is 3.37. The summed E-state index contributed by atoms with van der Waals surface area (Å²) in [5.41, 5.74) is 2.49. The molecule has 0 spiro atoms. The van der Waals surface area contributed by atoms with Crippen LogP contribution in [0.3, 0.4) is 0 Å². The summed E-state index contributed by atoms with van der Waals surface area (Å²) < 4.78 is 1.76. The van der Waals surface area contributed by atoms with Crippen molar-refractivity contribution in [3.05, 3.63) is 47.7 Å². The Morgan fingerprint density at radius 1 is 1.14 bits per heavy atom. The monoisotopic (exact) mass is 384 g/mol. The molecule has 7 nitrogen and oxygen atoms in total. The van der Waals surface area contributed by atoms with Gasteiger partial charge in [0, 0.05) is 19.2 Å². The Balaban J connectivity index is 1.61. The minimum atomic E-state index is -0.782. The molecule has 7 heteroatoms. The van der Waals surface area contributed by atoms with Crippen LogP contribution >= 0.6 is 0 Å². The number of hydrogen-bond donors (Lipinski definition) is 2. The second kappa shape index (κ2) is 8.04. The van der Waals surface area contributed by atoms with Crippen molar-refractivity contribution >= 4 is 17.8 Å². The van der Waals surface area contributed by atoms with Gasteiger partial charge in [0.1, 0.15) is 5.82 Å². The van der Waals surface area contributed by atoms with Crippen LogP contribution in [0.5, 0.6) is 0 Å². The number of carboxylic acid groups (broad SMARTS) is 1. The van der Waals surface area contributed by atoms with E-state index in [-0.39, 0.29) is 17.4 Å². The minimum absolute atomic E-state index is 0.109. The second-order valence-electron chi connectivity index (χ2n) is 8.35. The SMILES string of the molecule is CC(C)(C)c1ccc(Cn2nccc2NC(=O)N2CCC(C(=O)O)CC2)cc1. The minimum Gasteiger partial charge on any atom is -0.481 e. The molecule has 2 amide bonds. The van der Waals surface area contributed by atoms with Gasteiger partial charge in [-0.3, -0.25) is 10.1 Å². The third kappa shape index (κ3) is 4.71. The number of carbonyl (C=O) groups is 2. The molecule has 3 rings (SSSR count). The van der Waals surface area contributed by atoms with Gasteiger partial charge >= 0.3 is 12.0 Å². The van der Waals surface area contributed by atoms with E-state index in [9.17, 15) is 9.59 Å². The van der Waals surface area contributed by atoms with E-state index in [1.165, 1.54) is 5.56 Å². The van der Waals surface area contributed by atoms with Gasteiger partial charge in [0.15, 0.2) is 0 Å². The number of nitrogens with one attached hydrogen (secondary N) is 1. The molecule has 1 aromatic carbocycles. The van der Waals surface area contributed by atoms with Crippen molar-refractivity contribution in [2.24, 2.45) is 5.92 Å². The van der Waals surface area contributed by atoms with E-state index in [4.69, 9.17) is 5.11 Å². The Labute approximate surface area is 165 Å². The first-order chi connectivity index (χ1) is 13.2. The van der Waals surface area contributed by atoms with Crippen molar-refractivity contribution in [1.82, 2.24) is 14.7 Å². The molecule has 0 atom stereocenters. The van der Waals surface area contributed by atoms with Gasteiger partial charge in [-0.2, -0.15) is 5.10 Å². The number of benzene rings is 1. The molecule has 1 fully saturated rings. The molecule has 0 aliphatic carbocycles. The topological polar surface area (TPSA) is 87.5 Å². The molecule has 2 aromatic rings. The summed E-state index contributed by atoms with van der Waals surface area (Å²) in [6, 6.07) is 9.99. The van der Waals surface area contributed by atoms with Crippen molar-refractivity contribution in [3.8, 4) is 0 Å². The highest BCUT2D eigenvalue weighted by Gasteiger charge is 2.27. The number of carboxylic acids is 1. The summed E-state index contributed by atoms with van der Waals surface area (Å²) in [7, 11) is 0. The Morgan fingerprint density at radius 2 is 1.79 bits per heavy atom. The molecule has 28 heavy (non-hydrogen) atoms. The number of piperidine rings is 1. The zero-order valence-corrected chi connectivity index (χ0v) is 16.7. The standard InChI is InChI=1S/C21H28N4O3/c1-21(2,3)17-6-4-15(5-7-17)14-25-18(8-11-22-25)23-20(28)24-12-9-16(10-13-24)19(26)27/h4-8,11,16H,9-10,12-14H2,1-3H3,(H,23,28)(H,26,27). The fourth-order valence-corrected chi connectivity index (χ4v) is 3.37. The van der Waals surface area contributed by atoms with E-state index in [1.54, 1.807) is 21.8 Å². The average molecular weight is 384 g/mol. The van der Waals surface area contributed by atoms with Crippen LogP contribution in [0.15, 0.2) is 36.5 Å². The van der Waals surface area contributed by atoms with Gasteiger partial charge in [-0.05, 0) is 29.4 Å². The quantitative estimate of drug-likeness (QED) is 0.844. The lowest BCUT2D eigenvalue weighted by molar-refractivity contribution is -0.143. The van der Waals surface area contributed by atoms with Gasteiger partial charge in [0.25, 0.3) is 0 Å². The maximum Gasteiger partial charge on any atom is 0.322 e. The largest absolute Gasteiger partial charge is 0.481 e. The van der Waals surface area contributed by atoms with Crippen molar-refractivity contribution in [2.75, 3.05) is 18.4 Å². The van der Waals surface area contributed by atoms with Crippen LogP contribution in [0.4, 0.5) is 10.6 Å². The van der Waals surface area contributed by atoms with Crippen LogP contribution in [0.25, 0.3) is 0 Å². The normalized spacial score (nSPS) is 15.5. The van der Waals surface area contributed by atoms with E-state index in [0.29, 0.717) is 38.3 Å². The molecule has 150 valence electrons. The fraction of sp³-hybridized carbons (Fsp3) is 0.476. The molecule has 2 heterocycles. The summed E-state index contributed by atoms with van der Waals surface area (Å²) in [5, 5.41) is 16.3. The number of likely N-dealkylation sites (tertiary alicyclic amines) is 1. The Bertz CT molecular complexity index is 828. The summed E-state index contributed by atoms with van der Waals surface area (Å²) in [6.07, 6.45) is 2.64. The number of nitrogens with zero attached hydrogens (tertiary/aromatic N) is 3. The maximum absolute atomic E-state index is 12.5. The number of carbonyl (C=O) groups excluding carboxylic acids is 1. The Hall–Kier alpha value is -2.83. The van der Waals surface area contributed by atoms with E-state index in [1.807, 2.05) is 0 Å². The number of hydrogen-bond acceptors (Lipinski definition) is 3. The number of urea groups is 1. The number of rotatable bonds is 4. The van der Waals surface area contributed by atoms with E-state index in [2.05, 4.69) is 55.5 Å². The number of amides is 2. The lowest BCUT2D eigenvalue weighted by Gasteiger charge is -2.30. The van der Waals surface area contributed by atoms with E-state index >= 15 is 0 Å². The summed E-state index contributed by atoms with van der Waals surface area (Å²) in [6.45, 7) is 8.01. The zero-order chi connectivity index (χ0) is 20.3. The van der Waals surface area contributed by atoms with Crippen LogP contribution in [0.2, 0.25) is 0 Å². The molecule has 1 aliphatic rings. The lowest BCUT2D eigenvalue weighted by atomic mass is 9.87. The number of anilines is 1. The first-order valence-corrected chi connectivity index (χ1v) is 9.64. The van der Waals surface area contributed by atoms with Gasteiger partial charge in [-0.15, -0.1) is 0 Å². The molecule has 0 unspecified atom stereocenters. The van der Waals surface area contributed by atoms with Gasteiger partial charge in [-0.1, -0.05) is 45.0 Å². The smallest absolute Gasteiger partial charge is 0.322 e. The van der Waals surface area contributed by atoms with Crippen LogP contribution in [-0.2, 0) is 16.8 Å². The average Bonchev–Trinajstić information content (AvgIpc) is 3.08. The second-order valence-corrected chi connectivity index (χ2v) is 8.35. The predicted molar refractivity (Wildman–Crippen MR) is 107 cm³/mol. The molecule has 2 N–H and O–H groups in total. The van der Waals surface area contributed by atoms with Crippen molar-refractivity contribution in [2.45, 2.75) is 45.6 Å². The third-order valence-corrected chi connectivity index (χ3v) is 5.24. The zero-order valence-electron chi connectivity index (χ0n) is 16.7. The molecule has 1 saturated heterocycles. The molecule has 0 bridgehead atoms. The summed E-state index contributed by atoms with van der Waals surface area (Å²) >= 11 is 0. The Morgan fingerprint density at radius 3 is 2.36 bits per heavy atom. The predicted octanol–water partition coefficient (Wildman–Crippen LogP) is 3.56. The number of aliphatic carboxylic acids is 1. The van der Waals surface area contributed by atoms with Gasteiger partial charge in [-0.25, -0.2) is 9.48 Å². The van der Waals surface area contributed by atoms with Gasteiger partial charge in [0.2, 0.25) is 0 Å². The molecule has 0 radical (unpaired) electrons. The summed E-state index contributed by atoms with van der Waals surface area (Å²) in [5.74, 6) is -0.508. The van der Waals surface area contributed by atoms with Crippen LogP contribution in [0, 0.1) is 5.92 Å². The van der Waals surface area contributed by atoms with Crippen molar-refractivity contribution in [1.29, 1.82) is 0 Å². The molecule has 1 aromatic heterocycles. The highest BCUT2D eigenvalue weighted by molar-refractivity contribution is 5.88. The molecule has 0 saturated carbocycles. The highest BCUT2D eigenvalue weighted by atomic mass is 16.4. The number of aromatic nitrogens is 2. The Kier molecular flexibility index (Phi) is 5.72. The van der Waals surface area contributed by atoms with Crippen LogP contribution in [0.1, 0.15) is 44.7 Å². The summed E-state index contributed by atoms with van der Waals surface area (Å²) in [4.78, 5) is 25.2. The van der Waals surface area contributed by atoms with Gasteiger partial charge in [0.05, 0.1) is 18.7 Å². The van der Waals surface area contributed by atoms with Crippen LogP contribution < -0.4 is 5.32 Å². The molecule has 1 aliphatic heterocycles. The van der Waals surface area contributed by atoms with Gasteiger partial charge < -0.3 is 10.0 Å². The maximum atomic E-state index is 12.5. The third-order valence-electron chi connectivity index (χ3n) is 5.24. The highest BCUT2D eigenvalue weighted by Crippen LogP contribution is 2.23. The lowest BCUT2D eigenvalue weighted by Crippen LogP contribution is -2.42. The van der Waals surface area contributed by atoms with Crippen LogP contribution in [-0.4, -0.2) is 44.9 Å². The first-order valence-electron chi connectivity index (χ1n) is 9.64. The van der Waals surface area contributed by atoms with E-state index in [0.717, 1.165) is 5.56 Å². The molecular formula is C21H28N4O3. The molecular weight excluding hydrogens is 356 g/mol. The van der Waals surface area contributed by atoms with Crippen molar-refractivity contribution in [3.63, 3.8) is 0 Å². The first kappa shape index (κ1) is 19.9. The van der Waals surface area contributed by atoms with Crippen molar-refractivity contribution < 1.29 is 14.7 Å². The van der Waals surface area contributed by atoms with E-state index < -0.39 is 5.97 Å².